The van der Waals surface area contributed by atoms with Crippen LogP contribution in [0.3, 0.4) is 0 Å². The minimum absolute atomic E-state index is 0.348. The fourth-order valence-corrected chi connectivity index (χ4v) is 1.66. The Balaban J connectivity index is 2.14. The molecular weight excluding hydrogens is 182 g/mol. The fraction of sp³-hybridized carbons (Fsp3) is 0.800. The normalized spacial score (nSPS) is 27.8. The lowest BCUT2D eigenvalue weighted by atomic mass is 9.84. The largest absolute Gasteiger partial charge is 0.479 e. The highest BCUT2D eigenvalue weighted by Crippen LogP contribution is 2.26. The molecule has 0 unspecified atom stereocenters. The molecule has 0 atom stereocenters. The van der Waals surface area contributed by atoms with E-state index in [0.29, 0.717) is 5.92 Å². The highest BCUT2D eigenvalue weighted by atomic mass is 16.6. The van der Waals surface area contributed by atoms with E-state index in [-0.39, 0.29) is 6.61 Å². The van der Waals surface area contributed by atoms with E-state index in [1.807, 2.05) is 0 Å². The monoisotopic (exact) mass is 199 g/mol. The molecule has 0 spiro atoms. The van der Waals surface area contributed by atoms with Gasteiger partial charge in [0.25, 0.3) is 0 Å². The van der Waals surface area contributed by atoms with Gasteiger partial charge >= 0.3 is 5.97 Å². The van der Waals surface area contributed by atoms with Crippen molar-refractivity contribution in [1.29, 1.82) is 0 Å². The Hall–Kier alpha value is -1.06. The quantitative estimate of drug-likeness (QED) is 0.555. The predicted octanol–water partition coefficient (Wildman–Crippen LogP) is 1.90. The zero-order chi connectivity index (χ0) is 10.4. The van der Waals surface area contributed by atoms with Gasteiger partial charge in [0.2, 0.25) is 6.61 Å². The van der Waals surface area contributed by atoms with Crippen LogP contribution in [0.4, 0.5) is 0 Å². The smallest absolute Gasteiger partial charge is 0.344 e. The van der Waals surface area contributed by atoms with Crippen LogP contribution >= 0.6 is 0 Å². The molecule has 1 fully saturated rings. The number of nitrogens with zero attached hydrogens (tertiary/aromatic N) is 1. The first kappa shape index (κ1) is 11.0. The predicted molar refractivity (Wildman–Crippen MR) is 53.2 cm³/mol. The van der Waals surface area contributed by atoms with Gasteiger partial charge in [0, 0.05) is 6.21 Å². The molecule has 0 aromatic heterocycles. The lowest BCUT2D eigenvalue weighted by molar-refractivity contribution is -0.142. The highest BCUT2D eigenvalue weighted by Gasteiger charge is 2.16. The Kier molecular flexibility index (Phi) is 4.43. The lowest BCUT2D eigenvalue weighted by Crippen LogP contribution is -2.13. The maximum Gasteiger partial charge on any atom is 0.344 e. The maximum atomic E-state index is 10.1. The Morgan fingerprint density at radius 2 is 2.14 bits per heavy atom. The second-order valence-corrected chi connectivity index (χ2v) is 3.94. The molecule has 1 aliphatic rings. The third-order valence-electron chi connectivity index (χ3n) is 2.59. The number of carboxylic acids is 1. The molecule has 0 aliphatic heterocycles. The molecule has 4 nitrogen and oxygen atoms in total. The van der Waals surface area contributed by atoms with Crippen LogP contribution in [0.2, 0.25) is 0 Å². The minimum atomic E-state index is -0.987. The van der Waals surface area contributed by atoms with Gasteiger partial charge in [0.1, 0.15) is 0 Å². The van der Waals surface area contributed by atoms with Crippen molar-refractivity contribution in [2.45, 2.75) is 32.6 Å². The summed E-state index contributed by atoms with van der Waals surface area (Å²) in [7, 11) is 0. The summed E-state index contributed by atoms with van der Waals surface area (Å²) in [4.78, 5) is 14.7. The van der Waals surface area contributed by atoms with Crippen LogP contribution in [0.5, 0.6) is 0 Å². The van der Waals surface area contributed by atoms with E-state index in [1.54, 1.807) is 6.21 Å². The maximum absolute atomic E-state index is 10.1. The van der Waals surface area contributed by atoms with Crippen LogP contribution in [0.15, 0.2) is 5.16 Å². The molecule has 0 heterocycles. The number of carbonyl (C=O) groups is 1. The van der Waals surface area contributed by atoms with E-state index in [4.69, 9.17) is 5.11 Å². The van der Waals surface area contributed by atoms with Crippen molar-refractivity contribution in [2.24, 2.45) is 17.0 Å². The van der Waals surface area contributed by atoms with E-state index < -0.39 is 5.97 Å². The van der Waals surface area contributed by atoms with Gasteiger partial charge in [-0.1, -0.05) is 24.9 Å². The lowest BCUT2D eigenvalue weighted by Gasteiger charge is -2.22. The number of hydrogen-bond acceptors (Lipinski definition) is 3. The molecule has 0 bridgehead atoms. The molecule has 0 aromatic carbocycles. The number of hydrogen-bond donors (Lipinski definition) is 1. The van der Waals surface area contributed by atoms with Gasteiger partial charge in [-0.2, -0.15) is 0 Å². The van der Waals surface area contributed by atoms with E-state index in [0.717, 1.165) is 18.8 Å². The SMILES string of the molecule is CC1CCC(C=NOCC(=O)O)CC1. The Bertz CT molecular complexity index is 207. The van der Waals surface area contributed by atoms with Crippen LogP contribution in [-0.2, 0) is 9.63 Å². The molecule has 1 saturated carbocycles. The van der Waals surface area contributed by atoms with E-state index in [2.05, 4.69) is 16.9 Å². The Morgan fingerprint density at radius 1 is 1.50 bits per heavy atom. The third kappa shape index (κ3) is 4.25. The molecule has 1 rings (SSSR count). The van der Waals surface area contributed by atoms with Gasteiger partial charge < -0.3 is 9.94 Å². The van der Waals surface area contributed by atoms with Gasteiger partial charge in [0.05, 0.1) is 0 Å². The summed E-state index contributed by atoms with van der Waals surface area (Å²) in [6.07, 6.45) is 6.49. The average Bonchev–Trinajstić information content (AvgIpc) is 2.15. The standard InChI is InChI=1S/C10H17NO3/c1-8-2-4-9(5-3-8)6-11-14-7-10(12)13/h6,8-9H,2-5,7H2,1H3,(H,12,13). The molecule has 0 saturated heterocycles. The van der Waals surface area contributed by atoms with Crippen molar-refractivity contribution in [3.8, 4) is 0 Å². The average molecular weight is 199 g/mol. The van der Waals surface area contributed by atoms with Gasteiger partial charge in [-0.25, -0.2) is 4.79 Å². The molecule has 1 aliphatic carbocycles. The van der Waals surface area contributed by atoms with Crippen LogP contribution in [0, 0.1) is 11.8 Å². The summed E-state index contributed by atoms with van der Waals surface area (Å²) >= 11 is 0. The van der Waals surface area contributed by atoms with Gasteiger partial charge in [-0.3, -0.25) is 0 Å². The number of carboxylic acid groups (broad SMARTS) is 1. The minimum Gasteiger partial charge on any atom is -0.479 e. The molecular formula is C10H17NO3. The number of aliphatic carboxylic acids is 1. The van der Waals surface area contributed by atoms with Crippen molar-refractivity contribution in [1.82, 2.24) is 0 Å². The summed E-state index contributed by atoms with van der Waals surface area (Å²) in [6.45, 7) is 1.91. The molecule has 1 N–H and O–H groups in total. The van der Waals surface area contributed by atoms with Gasteiger partial charge in [-0.05, 0) is 24.7 Å². The molecule has 80 valence electrons. The second-order valence-electron chi connectivity index (χ2n) is 3.94. The van der Waals surface area contributed by atoms with Crippen LogP contribution in [0.1, 0.15) is 32.6 Å². The zero-order valence-electron chi connectivity index (χ0n) is 8.48. The van der Waals surface area contributed by atoms with Crippen molar-refractivity contribution in [3.05, 3.63) is 0 Å². The van der Waals surface area contributed by atoms with Crippen LogP contribution < -0.4 is 0 Å². The van der Waals surface area contributed by atoms with E-state index in [9.17, 15) is 4.79 Å². The van der Waals surface area contributed by atoms with Crippen molar-refractivity contribution >= 4 is 12.2 Å². The highest BCUT2D eigenvalue weighted by molar-refractivity contribution is 5.68. The molecule has 14 heavy (non-hydrogen) atoms. The summed E-state index contributed by atoms with van der Waals surface area (Å²) in [5, 5.41) is 11.9. The number of oxime groups is 1. The molecule has 4 heteroatoms. The summed E-state index contributed by atoms with van der Waals surface area (Å²) < 4.78 is 0. The van der Waals surface area contributed by atoms with Crippen molar-refractivity contribution < 1.29 is 14.7 Å². The first-order valence-electron chi connectivity index (χ1n) is 5.05. The summed E-state index contributed by atoms with van der Waals surface area (Å²) in [6, 6.07) is 0. The fourth-order valence-electron chi connectivity index (χ4n) is 1.66. The van der Waals surface area contributed by atoms with Crippen LogP contribution in [0.25, 0.3) is 0 Å². The van der Waals surface area contributed by atoms with Gasteiger partial charge in [0.15, 0.2) is 0 Å². The first-order valence-corrected chi connectivity index (χ1v) is 5.05. The molecule has 0 amide bonds. The van der Waals surface area contributed by atoms with Gasteiger partial charge in [-0.15, -0.1) is 0 Å². The first-order chi connectivity index (χ1) is 6.68. The molecule has 0 aromatic rings. The second kappa shape index (κ2) is 5.62. The van der Waals surface area contributed by atoms with E-state index >= 15 is 0 Å². The summed E-state index contributed by atoms with van der Waals surface area (Å²) in [5.74, 6) is 0.305. The number of rotatable bonds is 4. The third-order valence-corrected chi connectivity index (χ3v) is 2.59. The topological polar surface area (TPSA) is 58.9 Å². The molecule has 0 radical (unpaired) electrons. The van der Waals surface area contributed by atoms with Crippen molar-refractivity contribution in [2.75, 3.05) is 6.61 Å². The van der Waals surface area contributed by atoms with E-state index in [1.165, 1.54) is 12.8 Å². The van der Waals surface area contributed by atoms with Crippen LogP contribution in [-0.4, -0.2) is 23.9 Å². The van der Waals surface area contributed by atoms with Crippen molar-refractivity contribution in [3.63, 3.8) is 0 Å². The summed E-state index contributed by atoms with van der Waals surface area (Å²) in [5.41, 5.74) is 0. The Labute approximate surface area is 83.9 Å². The zero-order valence-corrected chi connectivity index (χ0v) is 8.48. The Morgan fingerprint density at radius 3 is 2.71 bits per heavy atom.